The topological polar surface area (TPSA) is 67.4 Å². The number of benzene rings is 1. The standard InChI is InChI=1S/C20H32N2O3/c1-7-11-16(14(2)3)21-18(23)17(15-12-9-8-10-13-15)22-19(24)25-20(4,5)6/h8-10,12-14,16-17H,7,11H2,1-6H3,(H,21,23)(H,22,24)/t16-,17-/m1/s1. The highest BCUT2D eigenvalue weighted by Crippen LogP contribution is 2.17. The summed E-state index contributed by atoms with van der Waals surface area (Å²) in [6, 6.07) is 8.51. The van der Waals surface area contributed by atoms with Gasteiger partial charge in [-0.1, -0.05) is 57.5 Å². The number of amides is 2. The van der Waals surface area contributed by atoms with Crippen molar-refractivity contribution in [2.75, 3.05) is 0 Å². The molecule has 0 saturated carbocycles. The molecule has 0 aliphatic heterocycles. The first-order valence-corrected chi connectivity index (χ1v) is 8.99. The Morgan fingerprint density at radius 2 is 1.68 bits per heavy atom. The molecule has 25 heavy (non-hydrogen) atoms. The molecule has 2 N–H and O–H groups in total. The van der Waals surface area contributed by atoms with Gasteiger partial charge in [0.1, 0.15) is 11.6 Å². The molecule has 2 atom stereocenters. The number of nitrogens with one attached hydrogen (secondary N) is 2. The van der Waals surface area contributed by atoms with E-state index in [0.29, 0.717) is 5.92 Å². The Kier molecular flexibility index (Phi) is 7.94. The molecule has 0 fully saturated rings. The van der Waals surface area contributed by atoms with Gasteiger partial charge in [-0.25, -0.2) is 4.79 Å². The van der Waals surface area contributed by atoms with Crippen LogP contribution in [0.4, 0.5) is 4.79 Å². The summed E-state index contributed by atoms with van der Waals surface area (Å²) in [6.45, 7) is 11.6. The van der Waals surface area contributed by atoms with Gasteiger partial charge in [0.05, 0.1) is 0 Å². The van der Waals surface area contributed by atoms with Crippen LogP contribution in [0, 0.1) is 5.92 Å². The summed E-state index contributed by atoms with van der Waals surface area (Å²) in [5.41, 5.74) is 0.106. The fourth-order valence-electron chi connectivity index (χ4n) is 2.52. The lowest BCUT2D eigenvalue weighted by atomic mass is 9.98. The van der Waals surface area contributed by atoms with E-state index >= 15 is 0 Å². The zero-order chi connectivity index (χ0) is 19.0. The van der Waals surface area contributed by atoms with E-state index in [2.05, 4.69) is 31.4 Å². The first-order chi connectivity index (χ1) is 11.6. The highest BCUT2D eigenvalue weighted by Gasteiger charge is 2.27. The Hall–Kier alpha value is -2.04. The summed E-state index contributed by atoms with van der Waals surface area (Å²) in [4.78, 5) is 25.0. The van der Waals surface area contributed by atoms with E-state index in [1.165, 1.54) is 0 Å². The third-order valence-electron chi connectivity index (χ3n) is 3.79. The van der Waals surface area contributed by atoms with E-state index in [1.807, 2.05) is 30.3 Å². The Morgan fingerprint density at radius 1 is 1.08 bits per heavy atom. The molecule has 5 heteroatoms. The maximum atomic E-state index is 12.9. The molecule has 5 nitrogen and oxygen atoms in total. The van der Waals surface area contributed by atoms with E-state index in [1.54, 1.807) is 20.8 Å². The van der Waals surface area contributed by atoms with Gasteiger partial charge < -0.3 is 15.4 Å². The van der Waals surface area contributed by atoms with E-state index < -0.39 is 17.7 Å². The lowest BCUT2D eigenvalue weighted by Gasteiger charge is -2.27. The van der Waals surface area contributed by atoms with Crippen molar-refractivity contribution < 1.29 is 14.3 Å². The molecule has 1 aromatic carbocycles. The van der Waals surface area contributed by atoms with Crippen molar-refractivity contribution in [3.63, 3.8) is 0 Å². The maximum absolute atomic E-state index is 12.9. The molecule has 0 unspecified atom stereocenters. The molecule has 0 spiro atoms. The van der Waals surface area contributed by atoms with Crippen LogP contribution in [0.2, 0.25) is 0 Å². The highest BCUT2D eigenvalue weighted by molar-refractivity contribution is 5.87. The molecule has 0 heterocycles. The van der Waals surface area contributed by atoms with Crippen molar-refractivity contribution in [2.45, 2.75) is 72.1 Å². The van der Waals surface area contributed by atoms with Gasteiger partial charge in [-0.15, -0.1) is 0 Å². The summed E-state index contributed by atoms with van der Waals surface area (Å²) in [6.07, 6.45) is 1.28. The van der Waals surface area contributed by atoms with Crippen molar-refractivity contribution in [1.29, 1.82) is 0 Å². The second-order valence-electron chi connectivity index (χ2n) is 7.64. The second-order valence-corrected chi connectivity index (χ2v) is 7.64. The minimum absolute atomic E-state index is 0.0733. The highest BCUT2D eigenvalue weighted by atomic mass is 16.6. The molecule has 2 amide bonds. The average Bonchev–Trinajstić information content (AvgIpc) is 2.51. The van der Waals surface area contributed by atoms with Gasteiger partial charge in [0.15, 0.2) is 0 Å². The number of hydrogen-bond acceptors (Lipinski definition) is 3. The van der Waals surface area contributed by atoms with Gasteiger partial charge in [0.2, 0.25) is 5.91 Å². The summed E-state index contributed by atoms with van der Waals surface area (Å²) in [5.74, 6) is 0.103. The van der Waals surface area contributed by atoms with E-state index in [0.717, 1.165) is 18.4 Å². The fraction of sp³-hybridized carbons (Fsp3) is 0.600. The first kappa shape index (κ1) is 21.0. The van der Waals surface area contributed by atoms with Crippen molar-refractivity contribution in [3.05, 3.63) is 35.9 Å². The summed E-state index contributed by atoms with van der Waals surface area (Å²) in [5, 5.41) is 5.78. The van der Waals surface area contributed by atoms with Crippen molar-refractivity contribution in [2.24, 2.45) is 5.92 Å². The summed E-state index contributed by atoms with van der Waals surface area (Å²) in [7, 11) is 0. The molecule has 0 bridgehead atoms. The number of rotatable bonds is 7. The van der Waals surface area contributed by atoms with Gasteiger partial charge in [-0.05, 0) is 38.7 Å². The average molecular weight is 348 g/mol. The largest absolute Gasteiger partial charge is 0.444 e. The van der Waals surface area contributed by atoms with Crippen LogP contribution in [-0.2, 0) is 9.53 Å². The number of ether oxygens (including phenoxy) is 1. The predicted molar refractivity (Wildman–Crippen MR) is 100 cm³/mol. The number of carbonyl (C=O) groups is 2. The predicted octanol–water partition coefficient (Wildman–Crippen LogP) is 4.19. The quantitative estimate of drug-likeness (QED) is 0.776. The van der Waals surface area contributed by atoms with Gasteiger partial charge >= 0.3 is 6.09 Å². The fourth-order valence-corrected chi connectivity index (χ4v) is 2.52. The Balaban J connectivity index is 2.94. The molecule has 0 aliphatic carbocycles. The molecule has 0 saturated heterocycles. The second kappa shape index (κ2) is 9.44. The van der Waals surface area contributed by atoms with E-state index in [-0.39, 0.29) is 11.9 Å². The summed E-state index contributed by atoms with van der Waals surface area (Å²) >= 11 is 0. The zero-order valence-corrected chi connectivity index (χ0v) is 16.3. The third kappa shape index (κ3) is 7.59. The van der Waals surface area contributed by atoms with Crippen LogP contribution >= 0.6 is 0 Å². The maximum Gasteiger partial charge on any atom is 0.408 e. The van der Waals surface area contributed by atoms with Crippen molar-refractivity contribution in [1.82, 2.24) is 10.6 Å². The molecular weight excluding hydrogens is 316 g/mol. The van der Waals surface area contributed by atoms with Gasteiger partial charge in [0.25, 0.3) is 0 Å². The lowest BCUT2D eigenvalue weighted by Crippen LogP contribution is -2.47. The molecule has 1 rings (SSSR count). The zero-order valence-electron chi connectivity index (χ0n) is 16.3. The molecule has 1 aromatic rings. The van der Waals surface area contributed by atoms with Crippen LogP contribution in [0.15, 0.2) is 30.3 Å². The molecule has 0 aromatic heterocycles. The van der Waals surface area contributed by atoms with Crippen LogP contribution < -0.4 is 10.6 Å². The molecule has 0 radical (unpaired) electrons. The molecule has 140 valence electrons. The van der Waals surface area contributed by atoms with Crippen LogP contribution in [0.1, 0.15) is 66.0 Å². The van der Waals surface area contributed by atoms with Crippen LogP contribution in [0.25, 0.3) is 0 Å². The molecular formula is C20H32N2O3. The Labute approximate surface area is 151 Å². The Bertz CT molecular complexity index is 550. The normalized spacial score (nSPS) is 13.9. The van der Waals surface area contributed by atoms with Gasteiger partial charge in [0, 0.05) is 6.04 Å². The molecule has 0 aliphatic rings. The minimum atomic E-state index is -0.783. The van der Waals surface area contributed by atoms with Crippen molar-refractivity contribution >= 4 is 12.0 Å². The van der Waals surface area contributed by atoms with Crippen molar-refractivity contribution in [3.8, 4) is 0 Å². The number of alkyl carbamates (subject to hydrolysis) is 1. The number of hydrogen-bond donors (Lipinski definition) is 2. The number of carbonyl (C=O) groups excluding carboxylic acids is 2. The minimum Gasteiger partial charge on any atom is -0.444 e. The van der Waals surface area contributed by atoms with Crippen LogP contribution in [0.5, 0.6) is 0 Å². The van der Waals surface area contributed by atoms with E-state index in [9.17, 15) is 9.59 Å². The SMILES string of the molecule is CCC[C@@H](NC(=O)[C@H](NC(=O)OC(C)(C)C)c1ccccc1)C(C)C. The Morgan fingerprint density at radius 3 is 2.16 bits per heavy atom. The van der Waals surface area contributed by atoms with E-state index in [4.69, 9.17) is 4.74 Å². The third-order valence-corrected chi connectivity index (χ3v) is 3.79. The monoisotopic (exact) mass is 348 g/mol. The van der Waals surface area contributed by atoms with Gasteiger partial charge in [-0.2, -0.15) is 0 Å². The van der Waals surface area contributed by atoms with Crippen LogP contribution in [0.3, 0.4) is 0 Å². The first-order valence-electron chi connectivity index (χ1n) is 8.99. The summed E-state index contributed by atoms with van der Waals surface area (Å²) < 4.78 is 5.31. The smallest absolute Gasteiger partial charge is 0.408 e. The lowest BCUT2D eigenvalue weighted by molar-refractivity contribution is -0.124. The van der Waals surface area contributed by atoms with Gasteiger partial charge in [-0.3, -0.25) is 4.79 Å². The van der Waals surface area contributed by atoms with Crippen LogP contribution in [-0.4, -0.2) is 23.6 Å².